The van der Waals surface area contributed by atoms with E-state index in [1.807, 2.05) is 17.2 Å². The summed E-state index contributed by atoms with van der Waals surface area (Å²) in [6.45, 7) is 3.24. The molecule has 2 rings (SSSR count). The predicted molar refractivity (Wildman–Crippen MR) is 74.4 cm³/mol. The highest BCUT2D eigenvalue weighted by Gasteiger charge is 2.29. The van der Waals surface area contributed by atoms with Crippen LogP contribution in [0.15, 0.2) is 16.6 Å². The Hall–Kier alpha value is -1.56. The molecule has 1 atom stereocenters. The first-order chi connectivity index (χ1) is 9.21. The summed E-state index contributed by atoms with van der Waals surface area (Å²) in [4.78, 5) is 14.9. The van der Waals surface area contributed by atoms with E-state index in [9.17, 15) is 4.79 Å². The van der Waals surface area contributed by atoms with Crippen molar-refractivity contribution < 1.29 is 14.7 Å². The summed E-state index contributed by atoms with van der Waals surface area (Å²) in [5, 5.41) is 14.2. The molecule has 19 heavy (non-hydrogen) atoms. The highest BCUT2D eigenvalue weighted by atomic mass is 32.1. The molecule has 1 aliphatic heterocycles. The van der Waals surface area contributed by atoms with E-state index in [1.165, 1.54) is 11.3 Å². The van der Waals surface area contributed by atoms with Gasteiger partial charge in [-0.05, 0) is 17.9 Å². The summed E-state index contributed by atoms with van der Waals surface area (Å²) in [6.07, 6.45) is 1.50. The Bertz CT molecular complexity index is 484. The number of amides is 1. The third-order valence-corrected chi connectivity index (χ3v) is 4.39. The maximum Gasteiger partial charge on any atom is 0.267 e. The molecule has 2 heterocycles. The van der Waals surface area contributed by atoms with Gasteiger partial charge in [-0.15, -0.1) is 11.3 Å². The molecular weight excluding hydrogens is 264 g/mol. The molecule has 0 saturated carbocycles. The van der Waals surface area contributed by atoms with Gasteiger partial charge in [0.05, 0.1) is 12.8 Å². The molecule has 1 N–H and O–H groups in total. The number of piperidine rings is 1. The Labute approximate surface area is 116 Å². The van der Waals surface area contributed by atoms with E-state index in [0.717, 1.165) is 12.1 Å². The van der Waals surface area contributed by atoms with Crippen molar-refractivity contribution in [1.29, 1.82) is 0 Å². The number of carbonyl (C=O) groups is 1. The number of ether oxygens (including phenoxy) is 1. The van der Waals surface area contributed by atoms with Gasteiger partial charge in [-0.25, -0.2) is 0 Å². The molecule has 1 aliphatic rings. The number of thiophene rings is 1. The SMILES string of the molecule is CCC1CN(C(=O)c2sccc2OC)CC/C1=N\O. The number of hydrogen-bond donors (Lipinski definition) is 1. The molecule has 1 amide bonds. The molecule has 1 aromatic heterocycles. The standard InChI is InChI=1S/C13H18N2O3S/c1-3-9-8-15(6-4-10(9)14-17)13(16)12-11(18-2)5-7-19-12/h5,7,9,17H,3-4,6,8H2,1-2H3/b14-10+. The largest absolute Gasteiger partial charge is 0.495 e. The van der Waals surface area contributed by atoms with E-state index in [-0.39, 0.29) is 11.8 Å². The van der Waals surface area contributed by atoms with Gasteiger partial charge in [0, 0.05) is 25.4 Å². The molecule has 1 saturated heterocycles. The molecule has 0 spiro atoms. The number of nitrogens with zero attached hydrogens (tertiary/aromatic N) is 2. The first-order valence-electron chi connectivity index (χ1n) is 6.32. The first kappa shape index (κ1) is 13.9. The summed E-state index contributed by atoms with van der Waals surface area (Å²) in [5.74, 6) is 0.778. The number of oxime groups is 1. The first-order valence-corrected chi connectivity index (χ1v) is 7.20. The molecule has 0 radical (unpaired) electrons. The van der Waals surface area contributed by atoms with Gasteiger partial charge in [-0.2, -0.15) is 0 Å². The fourth-order valence-electron chi connectivity index (χ4n) is 2.35. The maximum absolute atomic E-state index is 12.5. The Morgan fingerprint density at radius 3 is 3.11 bits per heavy atom. The molecule has 6 heteroatoms. The van der Waals surface area contributed by atoms with Crippen LogP contribution in [-0.2, 0) is 0 Å². The van der Waals surface area contributed by atoms with E-state index in [0.29, 0.717) is 30.1 Å². The molecule has 0 aromatic carbocycles. The van der Waals surface area contributed by atoms with Crippen molar-refractivity contribution in [1.82, 2.24) is 4.90 Å². The Balaban J connectivity index is 2.13. The molecule has 104 valence electrons. The average Bonchev–Trinajstić information content (AvgIpc) is 2.94. The normalized spacial score (nSPS) is 21.7. The van der Waals surface area contributed by atoms with Crippen LogP contribution in [0.5, 0.6) is 5.75 Å². The van der Waals surface area contributed by atoms with Gasteiger partial charge in [0.25, 0.3) is 5.91 Å². The summed E-state index contributed by atoms with van der Waals surface area (Å²) in [6, 6.07) is 1.81. The monoisotopic (exact) mass is 282 g/mol. The van der Waals surface area contributed by atoms with Crippen LogP contribution in [0.4, 0.5) is 0 Å². The lowest BCUT2D eigenvalue weighted by atomic mass is 9.93. The van der Waals surface area contributed by atoms with E-state index < -0.39 is 0 Å². The Kier molecular flexibility index (Phi) is 4.42. The van der Waals surface area contributed by atoms with Gasteiger partial charge in [0.15, 0.2) is 0 Å². The van der Waals surface area contributed by atoms with Crippen LogP contribution in [0, 0.1) is 5.92 Å². The third kappa shape index (κ3) is 2.73. The molecule has 1 aromatic rings. The summed E-state index contributed by atoms with van der Waals surface area (Å²) < 4.78 is 5.19. The second-order valence-corrected chi connectivity index (χ2v) is 5.43. The maximum atomic E-state index is 12.5. The number of likely N-dealkylation sites (tertiary alicyclic amines) is 1. The number of methoxy groups -OCH3 is 1. The van der Waals surface area contributed by atoms with Crippen molar-refractivity contribution in [3.05, 3.63) is 16.3 Å². The Morgan fingerprint density at radius 2 is 2.47 bits per heavy atom. The highest BCUT2D eigenvalue weighted by molar-refractivity contribution is 7.12. The fraction of sp³-hybridized carbons (Fsp3) is 0.538. The quantitative estimate of drug-likeness (QED) is 0.684. The molecule has 0 bridgehead atoms. The lowest BCUT2D eigenvalue weighted by Gasteiger charge is -2.32. The van der Waals surface area contributed by atoms with Gasteiger partial charge in [-0.3, -0.25) is 4.79 Å². The van der Waals surface area contributed by atoms with Crippen molar-refractivity contribution in [3.63, 3.8) is 0 Å². The fourth-order valence-corrected chi connectivity index (χ4v) is 3.18. The smallest absolute Gasteiger partial charge is 0.267 e. The van der Waals surface area contributed by atoms with E-state index in [4.69, 9.17) is 9.94 Å². The van der Waals surface area contributed by atoms with Gasteiger partial charge < -0.3 is 14.8 Å². The second-order valence-electron chi connectivity index (χ2n) is 4.52. The second kappa shape index (κ2) is 6.06. The van der Waals surface area contributed by atoms with Crippen LogP contribution in [-0.4, -0.2) is 41.9 Å². The highest BCUT2D eigenvalue weighted by Crippen LogP contribution is 2.28. The van der Waals surface area contributed by atoms with Gasteiger partial charge in [0.1, 0.15) is 10.6 Å². The van der Waals surface area contributed by atoms with Crippen molar-refractivity contribution in [3.8, 4) is 5.75 Å². The van der Waals surface area contributed by atoms with Crippen LogP contribution in [0.3, 0.4) is 0 Å². The summed E-state index contributed by atoms with van der Waals surface area (Å²) in [5.41, 5.74) is 0.796. The van der Waals surface area contributed by atoms with Crippen LogP contribution in [0.25, 0.3) is 0 Å². The minimum atomic E-state index is 0.00212. The van der Waals surface area contributed by atoms with Crippen LogP contribution >= 0.6 is 11.3 Å². The van der Waals surface area contributed by atoms with Crippen molar-refractivity contribution in [2.45, 2.75) is 19.8 Å². The van der Waals surface area contributed by atoms with Gasteiger partial charge >= 0.3 is 0 Å². The number of rotatable bonds is 3. The minimum absolute atomic E-state index is 0.00212. The van der Waals surface area contributed by atoms with Crippen molar-refractivity contribution in [2.75, 3.05) is 20.2 Å². The molecular formula is C13H18N2O3S. The lowest BCUT2D eigenvalue weighted by molar-refractivity contribution is 0.0731. The molecule has 5 nitrogen and oxygen atoms in total. The van der Waals surface area contributed by atoms with Crippen LogP contribution in [0.1, 0.15) is 29.4 Å². The van der Waals surface area contributed by atoms with E-state index in [2.05, 4.69) is 5.16 Å². The summed E-state index contributed by atoms with van der Waals surface area (Å²) in [7, 11) is 1.57. The zero-order valence-electron chi connectivity index (χ0n) is 11.1. The van der Waals surface area contributed by atoms with Crippen molar-refractivity contribution >= 4 is 23.0 Å². The van der Waals surface area contributed by atoms with E-state index >= 15 is 0 Å². The van der Waals surface area contributed by atoms with Crippen LogP contribution in [0.2, 0.25) is 0 Å². The van der Waals surface area contributed by atoms with Gasteiger partial charge in [0.2, 0.25) is 0 Å². The summed E-state index contributed by atoms with van der Waals surface area (Å²) >= 11 is 1.40. The lowest BCUT2D eigenvalue weighted by Crippen LogP contribution is -2.43. The van der Waals surface area contributed by atoms with Crippen molar-refractivity contribution in [2.24, 2.45) is 11.1 Å². The molecule has 1 unspecified atom stereocenters. The van der Waals surface area contributed by atoms with Gasteiger partial charge in [-0.1, -0.05) is 12.1 Å². The molecule has 0 aliphatic carbocycles. The topological polar surface area (TPSA) is 62.1 Å². The Morgan fingerprint density at radius 1 is 1.68 bits per heavy atom. The third-order valence-electron chi connectivity index (χ3n) is 3.50. The number of hydrogen-bond acceptors (Lipinski definition) is 5. The van der Waals surface area contributed by atoms with Crippen LogP contribution < -0.4 is 4.74 Å². The zero-order chi connectivity index (χ0) is 13.8. The van der Waals surface area contributed by atoms with E-state index in [1.54, 1.807) is 13.2 Å². The predicted octanol–water partition coefficient (Wildman–Crippen LogP) is 2.46. The minimum Gasteiger partial charge on any atom is -0.495 e. The number of carbonyl (C=O) groups excluding carboxylic acids is 1. The molecule has 1 fully saturated rings. The average molecular weight is 282 g/mol. The zero-order valence-corrected chi connectivity index (χ0v) is 11.9.